The first kappa shape index (κ1) is 16.5. The third-order valence-corrected chi connectivity index (χ3v) is 4.00. The van der Waals surface area contributed by atoms with E-state index in [-0.39, 0.29) is 11.8 Å². The van der Waals surface area contributed by atoms with Crippen molar-refractivity contribution in [3.05, 3.63) is 65.2 Å². The van der Waals surface area contributed by atoms with Gasteiger partial charge in [0.1, 0.15) is 5.75 Å². The van der Waals surface area contributed by atoms with Crippen LogP contribution in [0.5, 0.6) is 5.75 Å². The lowest BCUT2D eigenvalue weighted by Crippen LogP contribution is -2.33. The van der Waals surface area contributed by atoms with E-state index in [1.807, 2.05) is 32.0 Å². The van der Waals surface area contributed by atoms with Crippen LogP contribution >= 0.6 is 0 Å². The molecule has 3 heteroatoms. The molecule has 0 aliphatic heterocycles. The highest BCUT2D eigenvalue weighted by Crippen LogP contribution is 2.24. The van der Waals surface area contributed by atoms with E-state index in [4.69, 9.17) is 0 Å². The number of hydrogen-bond acceptors (Lipinski definition) is 3. The number of rotatable bonds is 7. The third kappa shape index (κ3) is 4.58. The minimum Gasteiger partial charge on any atom is -0.508 e. The molecule has 2 aromatic rings. The van der Waals surface area contributed by atoms with Gasteiger partial charge in [-0.15, -0.1) is 0 Å². The van der Waals surface area contributed by atoms with Gasteiger partial charge in [0.25, 0.3) is 0 Å². The Balaban J connectivity index is 1.78. The van der Waals surface area contributed by atoms with Crippen molar-refractivity contribution in [1.82, 2.24) is 5.32 Å². The Morgan fingerprint density at radius 3 is 2.50 bits per heavy atom. The van der Waals surface area contributed by atoms with E-state index in [2.05, 4.69) is 29.6 Å². The molecule has 0 unspecified atom stereocenters. The molecular weight excluding hydrogens is 274 g/mol. The normalized spacial score (nSPS) is 13.8. The summed E-state index contributed by atoms with van der Waals surface area (Å²) >= 11 is 0. The summed E-state index contributed by atoms with van der Waals surface area (Å²) in [5.41, 5.74) is 2.89. The summed E-state index contributed by atoms with van der Waals surface area (Å²) in [6, 6.07) is 15.7. The maximum absolute atomic E-state index is 10.3. The number of nitrogens with one attached hydrogen (secondary N) is 1. The van der Waals surface area contributed by atoms with Crippen molar-refractivity contribution >= 4 is 0 Å². The van der Waals surface area contributed by atoms with Crippen LogP contribution in [0.2, 0.25) is 0 Å². The average Bonchev–Trinajstić information content (AvgIpc) is 2.54. The third-order valence-electron chi connectivity index (χ3n) is 4.00. The standard InChI is InChI=1S/C19H25NO2/c1-14-10-11-17(13-18(14)21)19(22)15(2)20-12-6-9-16-7-4-3-5-8-16/h3-5,7-8,10-11,13,15,19-22H,6,9,12H2,1-2H3/t15-,19-/m1/s1. The highest BCUT2D eigenvalue weighted by molar-refractivity contribution is 5.36. The SMILES string of the molecule is Cc1ccc([C@H](O)[C@@H](C)NCCCc2ccccc2)cc1O. The van der Waals surface area contributed by atoms with E-state index in [0.29, 0.717) is 0 Å². The van der Waals surface area contributed by atoms with Gasteiger partial charge < -0.3 is 15.5 Å². The van der Waals surface area contributed by atoms with Crippen LogP contribution in [-0.2, 0) is 6.42 Å². The summed E-state index contributed by atoms with van der Waals surface area (Å²) in [4.78, 5) is 0. The minimum atomic E-state index is -0.622. The van der Waals surface area contributed by atoms with Gasteiger partial charge in [0.2, 0.25) is 0 Å². The molecular formula is C19H25NO2. The van der Waals surface area contributed by atoms with Gasteiger partial charge in [-0.3, -0.25) is 0 Å². The first-order chi connectivity index (χ1) is 10.6. The average molecular weight is 299 g/mol. The minimum absolute atomic E-state index is 0.0575. The largest absolute Gasteiger partial charge is 0.508 e. The van der Waals surface area contributed by atoms with E-state index in [1.165, 1.54) is 5.56 Å². The molecule has 0 saturated carbocycles. The molecule has 0 saturated heterocycles. The molecule has 2 rings (SSSR count). The molecule has 2 aromatic carbocycles. The maximum atomic E-state index is 10.3. The Morgan fingerprint density at radius 2 is 1.82 bits per heavy atom. The molecule has 2 atom stereocenters. The fourth-order valence-corrected chi connectivity index (χ4v) is 2.48. The van der Waals surface area contributed by atoms with Crippen LogP contribution in [0.15, 0.2) is 48.5 Å². The quantitative estimate of drug-likeness (QED) is 0.687. The topological polar surface area (TPSA) is 52.5 Å². The number of aryl methyl sites for hydroxylation is 2. The molecule has 0 bridgehead atoms. The van der Waals surface area contributed by atoms with Gasteiger partial charge in [-0.2, -0.15) is 0 Å². The van der Waals surface area contributed by atoms with Crippen LogP contribution < -0.4 is 5.32 Å². The fourth-order valence-electron chi connectivity index (χ4n) is 2.48. The van der Waals surface area contributed by atoms with E-state index in [1.54, 1.807) is 6.07 Å². The van der Waals surface area contributed by atoms with Gasteiger partial charge in [-0.05, 0) is 56.0 Å². The van der Waals surface area contributed by atoms with Crippen molar-refractivity contribution in [2.24, 2.45) is 0 Å². The zero-order valence-corrected chi connectivity index (χ0v) is 13.3. The molecule has 3 nitrogen and oxygen atoms in total. The molecule has 3 N–H and O–H groups in total. The van der Waals surface area contributed by atoms with Gasteiger partial charge in [0.05, 0.1) is 6.10 Å². The lowest BCUT2D eigenvalue weighted by atomic mass is 10.0. The monoisotopic (exact) mass is 299 g/mol. The van der Waals surface area contributed by atoms with Crippen molar-refractivity contribution in [2.75, 3.05) is 6.54 Å². The Labute approximate surface area is 132 Å². The second-order valence-corrected chi connectivity index (χ2v) is 5.82. The van der Waals surface area contributed by atoms with Gasteiger partial charge in [-0.1, -0.05) is 42.5 Å². The van der Waals surface area contributed by atoms with Crippen molar-refractivity contribution in [3.63, 3.8) is 0 Å². The zero-order chi connectivity index (χ0) is 15.9. The summed E-state index contributed by atoms with van der Waals surface area (Å²) in [6.07, 6.45) is 1.44. The van der Waals surface area contributed by atoms with Crippen LogP contribution in [0.3, 0.4) is 0 Å². The predicted molar refractivity (Wildman–Crippen MR) is 90.0 cm³/mol. The fraction of sp³-hybridized carbons (Fsp3) is 0.368. The van der Waals surface area contributed by atoms with Gasteiger partial charge in [-0.25, -0.2) is 0 Å². The van der Waals surface area contributed by atoms with Crippen molar-refractivity contribution in [1.29, 1.82) is 0 Å². The lowest BCUT2D eigenvalue weighted by Gasteiger charge is -2.21. The Hall–Kier alpha value is -1.84. The number of benzene rings is 2. The molecule has 0 aromatic heterocycles. The molecule has 0 aliphatic rings. The number of phenols is 1. The molecule has 0 aliphatic carbocycles. The van der Waals surface area contributed by atoms with E-state index in [9.17, 15) is 10.2 Å². The summed E-state index contributed by atoms with van der Waals surface area (Å²) < 4.78 is 0. The van der Waals surface area contributed by atoms with Crippen LogP contribution in [0.1, 0.15) is 36.1 Å². The Kier molecular flexibility index (Phi) is 5.99. The van der Waals surface area contributed by atoms with E-state index < -0.39 is 6.10 Å². The van der Waals surface area contributed by atoms with Crippen molar-refractivity contribution in [2.45, 2.75) is 38.8 Å². The predicted octanol–water partition coefficient (Wildman–Crippen LogP) is 3.34. The first-order valence-corrected chi connectivity index (χ1v) is 7.83. The van der Waals surface area contributed by atoms with Gasteiger partial charge in [0.15, 0.2) is 0 Å². The summed E-state index contributed by atoms with van der Waals surface area (Å²) in [5, 5.41) is 23.4. The first-order valence-electron chi connectivity index (χ1n) is 7.83. The second-order valence-electron chi connectivity index (χ2n) is 5.82. The van der Waals surface area contributed by atoms with E-state index >= 15 is 0 Å². The Morgan fingerprint density at radius 1 is 1.09 bits per heavy atom. The maximum Gasteiger partial charge on any atom is 0.118 e. The lowest BCUT2D eigenvalue weighted by molar-refractivity contribution is 0.136. The summed E-state index contributed by atoms with van der Waals surface area (Å²) in [7, 11) is 0. The number of phenolic OH excluding ortho intramolecular Hbond substituents is 1. The van der Waals surface area contributed by atoms with Gasteiger partial charge in [0, 0.05) is 6.04 Å². The number of hydrogen-bond donors (Lipinski definition) is 3. The number of aromatic hydroxyl groups is 1. The van der Waals surface area contributed by atoms with Crippen molar-refractivity contribution in [3.8, 4) is 5.75 Å². The second kappa shape index (κ2) is 7.97. The molecule has 22 heavy (non-hydrogen) atoms. The highest BCUT2D eigenvalue weighted by atomic mass is 16.3. The zero-order valence-electron chi connectivity index (χ0n) is 13.3. The van der Waals surface area contributed by atoms with Crippen LogP contribution in [0.4, 0.5) is 0 Å². The molecule has 0 fully saturated rings. The molecule has 0 heterocycles. The van der Waals surface area contributed by atoms with Crippen molar-refractivity contribution < 1.29 is 10.2 Å². The number of aliphatic hydroxyl groups excluding tert-OH is 1. The molecule has 118 valence electrons. The number of aliphatic hydroxyl groups is 1. The smallest absolute Gasteiger partial charge is 0.118 e. The molecule has 0 radical (unpaired) electrons. The Bertz CT molecular complexity index is 583. The van der Waals surface area contributed by atoms with Crippen LogP contribution in [-0.4, -0.2) is 22.8 Å². The molecule has 0 amide bonds. The van der Waals surface area contributed by atoms with Crippen LogP contribution in [0.25, 0.3) is 0 Å². The molecule has 0 spiro atoms. The summed E-state index contributed by atoms with van der Waals surface area (Å²) in [5.74, 6) is 0.229. The summed E-state index contributed by atoms with van der Waals surface area (Å²) in [6.45, 7) is 4.66. The highest BCUT2D eigenvalue weighted by Gasteiger charge is 2.16. The van der Waals surface area contributed by atoms with E-state index in [0.717, 1.165) is 30.5 Å². The van der Waals surface area contributed by atoms with Gasteiger partial charge >= 0.3 is 0 Å². The van der Waals surface area contributed by atoms with Crippen LogP contribution in [0, 0.1) is 6.92 Å².